The largest absolute Gasteiger partial charge is 0.490 e. The van der Waals surface area contributed by atoms with E-state index < -0.39 is 0 Å². The Balaban J connectivity index is 1.06. The maximum atomic E-state index is 13.4. The van der Waals surface area contributed by atoms with E-state index in [2.05, 4.69) is 65.8 Å². The van der Waals surface area contributed by atoms with E-state index in [0.717, 1.165) is 90.1 Å². The van der Waals surface area contributed by atoms with Crippen LogP contribution < -0.4 is 10.1 Å². The highest BCUT2D eigenvalue weighted by molar-refractivity contribution is 6.01. The number of hydrogen-bond donors (Lipinski definition) is 2. The fraction of sp³-hybridized carbons (Fsp3) is 0.459. The van der Waals surface area contributed by atoms with Crippen LogP contribution >= 0.6 is 0 Å². The minimum Gasteiger partial charge on any atom is -0.490 e. The van der Waals surface area contributed by atoms with Gasteiger partial charge in [0.15, 0.2) is 0 Å². The lowest BCUT2D eigenvalue weighted by Gasteiger charge is -2.50. The van der Waals surface area contributed by atoms with Gasteiger partial charge < -0.3 is 14.8 Å². The summed E-state index contributed by atoms with van der Waals surface area (Å²) in [6, 6.07) is 24.3. The van der Waals surface area contributed by atoms with Crippen LogP contribution in [0.25, 0.3) is 22.2 Å². The zero-order valence-electron chi connectivity index (χ0n) is 25.4. The third-order valence-electron chi connectivity index (χ3n) is 10.6. The number of nitrogens with zero attached hydrogens (tertiary/aromatic N) is 1. The molecular formula is C37H43N3O3. The second-order valence-corrected chi connectivity index (χ2v) is 13.4. The van der Waals surface area contributed by atoms with Crippen molar-refractivity contribution in [2.24, 2.45) is 23.2 Å². The summed E-state index contributed by atoms with van der Waals surface area (Å²) in [7, 11) is 0. The zero-order chi connectivity index (χ0) is 29.4. The maximum Gasteiger partial charge on any atom is 0.251 e. The number of nitrogens with one attached hydrogen (secondary N) is 2. The molecule has 1 amide bonds. The Hall–Kier alpha value is -3.64. The lowest BCUT2D eigenvalue weighted by Crippen LogP contribution is -2.48. The van der Waals surface area contributed by atoms with Gasteiger partial charge in [-0.2, -0.15) is 5.10 Å². The number of aromatic amines is 1. The van der Waals surface area contributed by atoms with E-state index in [4.69, 9.17) is 9.47 Å². The van der Waals surface area contributed by atoms with Crippen molar-refractivity contribution in [3.05, 3.63) is 83.9 Å². The standard InChI is InChI=1S/C37H43N3O3/c1-3-7-33(25-8-5-4-6-9-25)38-36(41)27-13-17-34-32(19-27)35(40-39-34)26-11-15-30(16-12-26)43-31-18-24-10-14-28(20-31)37(2,21-24)29-22-42-23-29/h4-6,8-9,11-13,15-17,19,24,28-29,31,33H,3,7,10,14,18,20-23H2,1-2H3,(H,38,41)(H,39,40). The molecule has 5 unspecified atom stereocenters. The third-order valence-corrected chi connectivity index (χ3v) is 10.6. The van der Waals surface area contributed by atoms with Crippen LogP contribution in [-0.4, -0.2) is 35.4 Å². The Bertz CT molecular complexity index is 1560. The molecule has 6 heteroatoms. The van der Waals surface area contributed by atoms with Crippen molar-refractivity contribution in [2.45, 2.75) is 70.9 Å². The average molecular weight is 578 g/mol. The first kappa shape index (κ1) is 28.1. The SMILES string of the molecule is CCCC(NC(=O)c1ccc2[nH]nc(-c3ccc(OC4CC5CCC(C4)C(C)(C4COC4)C5)cc3)c2c1)c1ccccc1. The number of carbonyl (C=O) groups excluding carboxylic acids is 1. The normalized spacial score (nSPS) is 26.0. The Morgan fingerprint density at radius 1 is 1.05 bits per heavy atom. The van der Waals surface area contributed by atoms with Gasteiger partial charge in [0.25, 0.3) is 5.91 Å². The van der Waals surface area contributed by atoms with E-state index in [0.29, 0.717) is 11.0 Å². The Morgan fingerprint density at radius 3 is 2.60 bits per heavy atom. The fourth-order valence-electron chi connectivity index (χ4n) is 8.04. The van der Waals surface area contributed by atoms with Crippen LogP contribution in [0, 0.1) is 23.2 Å². The molecule has 1 aliphatic heterocycles. The molecule has 8 rings (SSSR count). The zero-order valence-corrected chi connectivity index (χ0v) is 25.4. The first-order valence-electron chi connectivity index (χ1n) is 16.2. The number of hydrogen-bond acceptors (Lipinski definition) is 4. The van der Waals surface area contributed by atoms with Gasteiger partial charge >= 0.3 is 0 Å². The molecule has 4 fully saturated rings. The third kappa shape index (κ3) is 5.58. The van der Waals surface area contributed by atoms with Gasteiger partial charge in [-0.25, -0.2) is 0 Å². The van der Waals surface area contributed by atoms with E-state index in [1.165, 1.54) is 19.3 Å². The molecular weight excluding hydrogens is 534 g/mol. The van der Waals surface area contributed by atoms with Gasteiger partial charge in [-0.1, -0.05) is 57.0 Å². The Labute approximate surface area is 254 Å². The van der Waals surface area contributed by atoms with Crippen LogP contribution in [0.4, 0.5) is 0 Å². The first-order chi connectivity index (χ1) is 21.0. The molecule has 0 radical (unpaired) electrons. The van der Waals surface area contributed by atoms with Gasteiger partial charge in [-0.3, -0.25) is 9.89 Å². The molecule has 3 aromatic carbocycles. The summed E-state index contributed by atoms with van der Waals surface area (Å²) in [5, 5.41) is 12.0. The van der Waals surface area contributed by atoms with Gasteiger partial charge in [-0.15, -0.1) is 0 Å². The number of aromatic nitrogens is 2. The Kier molecular flexibility index (Phi) is 7.72. The summed E-state index contributed by atoms with van der Waals surface area (Å²) in [6.45, 7) is 6.54. The van der Waals surface area contributed by atoms with Crippen LogP contribution in [0.2, 0.25) is 0 Å². The van der Waals surface area contributed by atoms with Gasteiger partial charge in [0.2, 0.25) is 0 Å². The molecule has 224 valence electrons. The van der Waals surface area contributed by atoms with E-state index >= 15 is 0 Å². The number of fused-ring (bicyclic) bond motifs is 5. The van der Waals surface area contributed by atoms with Crippen LogP contribution in [0.1, 0.15) is 80.8 Å². The molecule has 2 heterocycles. The topological polar surface area (TPSA) is 76.2 Å². The van der Waals surface area contributed by atoms with Crippen LogP contribution in [0.5, 0.6) is 5.75 Å². The van der Waals surface area contributed by atoms with E-state index in [-0.39, 0.29) is 18.1 Å². The summed E-state index contributed by atoms with van der Waals surface area (Å²) in [6.07, 6.45) is 8.43. The molecule has 3 aliphatic carbocycles. The summed E-state index contributed by atoms with van der Waals surface area (Å²) >= 11 is 0. The van der Waals surface area contributed by atoms with Gasteiger partial charge in [0, 0.05) is 22.4 Å². The van der Waals surface area contributed by atoms with E-state index in [1.54, 1.807) is 0 Å². The summed E-state index contributed by atoms with van der Waals surface area (Å²) in [5.41, 5.74) is 4.92. The molecule has 1 aromatic heterocycles. The molecule has 2 bridgehead atoms. The van der Waals surface area contributed by atoms with Crippen molar-refractivity contribution < 1.29 is 14.3 Å². The smallest absolute Gasteiger partial charge is 0.251 e. The fourth-order valence-corrected chi connectivity index (χ4v) is 8.04. The van der Waals surface area contributed by atoms with Crippen molar-refractivity contribution >= 4 is 16.8 Å². The molecule has 6 nitrogen and oxygen atoms in total. The summed E-state index contributed by atoms with van der Waals surface area (Å²) < 4.78 is 12.2. The van der Waals surface area contributed by atoms with Crippen molar-refractivity contribution in [2.75, 3.05) is 13.2 Å². The number of rotatable bonds is 9. The lowest BCUT2D eigenvalue weighted by atomic mass is 9.58. The van der Waals surface area contributed by atoms with Gasteiger partial charge in [-0.05, 0) is 97.4 Å². The predicted octanol–water partition coefficient (Wildman–Crippen LogP) is 8.11. The maximum absolute atomic E-state index is 13.4. The van der Waals surface area contributed by atoms with Crippen LogP contribution in [-0.2, 0) is 4.74 Å². The summed E-state index contributed by atoms with van der Waals surface area (Å²) in [4.78, 5) is 13.4. The minimum absolute atomic E-state index is 0.0182. The van der Waals surface area contributed by atoms with Crippen molar-refractivity contribution in [1.29, 1.82) is 0 Å². The van der Waals surface area contributed by atoms with Crippen molar-refractivity contribution in [1.82, 2.24) is 15.5 Å². The molecule has 3 saturated carbocycles. The molecule has 2 N–H and O–H groups in total. The molecule has 4 aromatic rings. The minimum atomic E-state index is -0.0709. The van der Waals surface area contributed by atoms with Crippen molar-refractivity contribution in [3.63, 3.8) is 0 Å². The number of amides is 1. The predicted molar refractivity (Wildman–Crippen MR) is 170 cm³/mol. The monoisotopic (exact) mass is 577 g/mol. The van der Waals surface area contributed by atoms with Crippen LogP contribution in [0.3, 0.4) is 0 Å². The molecule has 5 atom stereocenters. The molecule has 1 saturated heterocycles. The average Bonchev–Trinajstić information content (AvgIpc) is 3.24. The quantitative estimate of drug-likeness (QED) is 0.211. The van der Waals surface area contributed by atoms with Gasteiger partial charge in [0.1, 0.15) is 5.75 Å². The first-order valence-corrected chi connectivity index (χ1v) is 16.2. The molecule has 0 spiro atoms. The second kappa shape index (κ2) is 11.8. The molecule has 4 aliphatic rings. The number of benzene rings is 3. The highest BCUT2D eigenvalue weighted by Gasteiger charge is 2.51. The number of H-pyrrole nitrogens is 1. The van der Waals surface area contributed by atoms with Crippen molar-refractivity contribution in [3.8, 4) is 17.0 Å². The lowest BCUT2D eigenvalue weighted by molar-refractivity contribution is -0.130. The number of carbonyl (C=O) groups is 1. The Morgan fingerprint density at radius 2 is 1.86 bits per heavy atom. The van der Waals surface area contributed by atoms with E-state index in [9.17, 15) is 4.79 Å². The second-order valence-electron chi connectivity index (χ2n) is 13.4. The van der Waals surface area contributed by atoms with Crippen LogP contribution in [0.15, 0.2) is 72.8 Å². The van der Waals surface area contributed by atoms with Gasteiger partial charge in [0.05, 0.1) is 36.6 Å². The highest BCUT2D eigenvalue weighted by Crippen LogP contribution is 2.56. The number of ether oxygens (including phenoxy) is 2. The summed E-state index contributed by atoms with van der Waals surface area (Å²) in [5.74, 6) is 3.04. The highest BCUT2D eigenvalue weighted by atomic mass is 16.5. The molecule has 43 heavy (non-hydrogen) atoms. The van der Waals surface area contributed by atoms with E-state index in [1.807, 2.05) is 36.4 Å².